The second-order valence-corrected chi connectivity index (χ2v) is 8.32. The molecule has 0 saturated heterocycles. The fourth-order valence-electron chi connectivity index (χ4n) is 4.11. The molecule has 4 aromatic rings. The average Bonchev–Trinajstić information content (AvgIpc) is 3.29. The van der Waals surface area contributed by atoms with Crippen LogP contribution in [0.3, 0.4) is 0 Å². The third kappa shape index (κ3) is 5.71. The van der Waals surface area contributed by atoms with Gasteiger partial charge in [0.2, 0.25) is 11.8 Å². The molecule has 0 radical (unpaired) electrons. The summed E-state index contributed by atoms with van der Waals surface area (Å²) in [5.41, 5.74) is 9.38. The summed E-state index contributed by atoms with van der Waals surface area (Å²) in [6.45, 7) is 0.839. The van der Waals surface area contributed by atoms with Crippen LogP contribution in [0.1, 0.15) is 24.0 Å². The van der Waals surface area contributed by atoms with Gasteiger partial charge in [-0.1, -0.05) is 66.7 Å². The molecule has 1 heterocycles. The van der Waals surface area contributed by atoms with Crippen LogP contribution >= 0.6 is 0 Å². The molecule has 0 aliphatic heterocycles. The van der Waals surface area contributed by atoms with E-state index in [2.05, 4.69) is 10.3 Å². The van der Waals surface area contributed by atoms with Crippen molar-refractivity contribution in [3.63, 3.8) is 0 Å². The number of rotatable bonds is 10. The van der Waals surface area contributed by atoms with Crippen LogP contribution in [0.2, 0.25) is 0 Å². The molecule has 1 aromatic heterocycles. The number of hydrogen-bond donors (Lipinski definition) is 3. The van der Waals surface area contributed by atoms with Crippen LogP contribution in [0.4, 0.5) is 5.69 Å². The van der Waals surface area contributed by atoms with Crippen molar-refractivity contribution in [1.29, 1.82) is 0 Å². The van der Waals surface area contributed by atoms with Crippen LogP contribution in [-0.2, 0) is 22.6 Å². The average molecular weight is 455 g/mol. The van der Waals surface area contributed by atoms with Crippen molar-refractivity contribution in [3.8, 4) is 0 Å². The number of hydrogen-bond acceptors (Lipinski definition) is 3. The summed E-state index contributed by atoms with van der Waals surface area (Å²) in [4.78, 5) is 31.7. The second kappa shape index (κ2) is 11.3. The highest BCUT2D eigenvalue weighted by molar-refractivity contribution is 5.99. The molecule has 0 aliphatic carbocycles. The molecule has 174 valence electrons. The summed E-state index contributed by atoms with van der Waals surface area (Å²) in [5, 5.41) is 4.04. The molecule has 3 aromatic carbocycles. The zero-order valence-corrected chi connectivity index (χ0v) is 19.1. The summed E-state index contributed by atoms with van der Waals surface area (Å²) in [7, 11) is 0. The van der Waals surface area contributed by atoms with E-state index in [1.807, 2.05) is 91.1 Å². The van der Waals surface area contributed by atoms with Gasteiger partial charge in [0.1, 0.15) is 6.04 Å². The van der Waals surface area contributed by atoms with E-state index >= 15 is 0 Å². The number of nitrogens with zero attached hydrogens (tertiary/aromatic N) is 1. The Morgan fingerprint density at radius 1 is 0.912 bits per heavy atom. The van der Waals surface area contributed by atoms with Crippen LogP contribution in [0.15, 0.2) is 91.1 Å². The van der Waals surface area contributed by atoms with Gasteiger partial charge in [-0.2, -0.15) is 0 Å². The standard InChI is InChI=1S/C28H30N4O2/c29-17-9-16-27(33)31-26(18-22-19-30-25-15-8-7-14-24(22)25)28(34)32(23-12-5-2-6-13-23)20-21-10-3-1-4-11-21/h1-8,10-15,19,26,30H,9,16-18,20,29H2,(H,31,33). The summed E-state index contributed by atoms with van der Waals surface area (Å²) in [5.74, 6) is -0.321. The summed E-state index contributed by atoms with van der Waals surface area (Å²) in [6.07, 6.45) is 3.17. The lowest BCUT2D eigenvalue weighted by atomic mass is 10.0. The van der Waals surface area contributed by atoms with Crippen LogP contribution in [0.25, 0.3) is 10.9 Å². The number of nitrogens with one attached hydrogen (secondary N) is 2. The molecular weight excluding hydrogens is 424 g/mol. The van der Waals surface area contributed by atoms with Gasteiger partial charge >= 0.3 is 0 Å². The van der Waals surface area contributed by atoms with Gasteiger partial charge in [0.15, 0.2) is 0 Å². The van der Waals surface area contributed by atoms with E-state index in [4.69, 9.17) is 5.73 Å². The first-order valence-electron chi connectivity index (χ1n) is 11.6. The summed E-state index contributed by atoms with van der Waals surface area (Å²) in [6, 6.07) is 26.7. The molecular formula is C28H30N4O2. The Kier molecular flexibility index (Phi) is 7.73. The lowest BCUT2D eigenvalue weighted by Gasteiger charge is -2.28. The highest BCUT2D eigenvalue weighted by atomic mass is 16.2. The molecule has 1 atom stereocenters. The Morgan fingerprint density at radius 2 is 1.59 bits per heavy atom. The Labute approximate surface area is 199 Å². The fourth-order valence-corrected chi connectivity index (χ4v) is 4.11. The molecule has 0 fully saturated rings. The first-order valence-corrected chi connectivity index (χ1v) is 11.6. The number of aromatic nitrogens is 1. The van der Waals surface area contributed by atoms with E-state index in [1.54, 1.807) is 4.90 Å². The van der Waals surface area contributed by atoms with E-state index in [9.17, 15) is 9.59 Å². The number of benzene rings is 3. The third-order valence-corrected chi connectivity index (χ3v) is 5.86. The second-order valence-electron chi connectivity index (χ2n) is 8.32. The molecule has 4 N–H and O–H groups in total. The molecule has 0 spiro atoms. The molecule has 0 saturated carbocycles. The summed E-state index contributed by atoms with van der Waals surface area (Å²) < 4.78 is 0. The number of nitrogens with two attached hydrogens (primary N) is 1. The number of H-pyrrole nitrogens is 1. The van der Waals surface area contributed by atoms with E-state index in [1.165, 1.54) is 0 Å². The van der Waals surface area contributed by atoms with Crippen molar-refractivity contribution >= 4 is 28.4 Å². The number of amides is 2. The molecule has 1 unspecified atom stereocenters. The molecule has 4 rings (SSSR count). The van der Waals surface area contributed by atoms with Gasteiger partial charge in [-0.25, -0.2) is 0 Å². The molecule has 6 heteroatoms. The van der Waals surface area contributed by atoms with E-state index < -0.39 is 6.04 Å². The van der Waals surface area contributed by atoms with Gasteiger partial charge in [0.25, 0.3) is 0 Å². The van der Waals surface area contributed by atoms with Crippen molar-refractivity contribution in [3.05, 3.63) is 102 Å². The zero-order valence-electron chi connectivity index (χ0n) is 19.1. The lowest BCUT2D eigenvalue weighted by Crippen LogP contribution is -2.49. The normalized spacial score (nSPS) is 11.8. The zero-order chi connectivity index (χ0) is 23.8. The Bertz CT molecular complexity index is 1220. The van der Waals surface area contributed by atoms with Crippen LogP contribution < -0.4 is 16.0 Å². The predicted octanol–water partition coefficient (Wildman–Crippen LogP) is 4.17. The number of aromatic amines is 1. The number of fused-ring (bicyclic) bond motifs is 1. The molecule has 0 aliphatic rings. The minimum absolute atomic E-state index is 0.151. The van der Waals surface area contributed by atoms with E-state index in [0.717, 1.165) is 27.7 Å². The predicted molar refractivity (Wildman–Crippen MR) is 136 cm³/mol. The maximum absolute atomic E-state index is 14.0. The quantitative estimate of drug-likeness (QED) is 0.336. The van der Waals surface area contributed by atoms with Gasteiger partial charge < -0.3 is 20.9 Å². The maximum Gasteiger partial charge on any atom is 0.250 e. The Hall–Kier alpha value is -3.90. The molecule has 34 heavy (non-hydrogen) atoms. The van der Waals surface area contributed by atoms with E-state index in [0.29, 0.717) is 25.9 Å². The minimum Gasteiger partial charge on any atom is -0.361 e. The van der Waals surface area contributed by atoms with Gasteiger partial charge in [0, 0.05) is 35.6 Å². The van der Waals surface area contributed by atoms with Crippen molar-refractivity contribution < 1.29 is 9.59 Å². The van der Waals surface area contributed by atoms with E-state index in [-0.39, 0.29) is 18.2 Å². The first kappa shape index (κ1) is 23.3. The highest BCUT2D eigenvalue weighted by Gasteiger charge is 2.28. The minimum atomic E-state index is -0.714. The van der Waals surface area contributed by atoms with Crippen LogP contribution in [0.5, 0.6) is 0 Å². The van der Waals surface area contributed by atoms with Gasteiger partial charge in [-0.3, -0.25) is 9.59 Å². The first-order chi connectivity index (χ1) is 16.7. The van der Waals surface area contributed by atoms with Crippen LogP contribution in [-0.4, -0.2) is 29.4 Å². The van der Waals surface area contributed by atoms with Gasteiger partial charge in [0.05, 0.1) is 6.54 Å². The largest absolute Gasteiger partial charge is 0.361 e. The number of para-hydroxylation sites is 2. The third-order valence-electron chi connectivity index (χ3n) is 5.86. The Morgan fingerprint density at radius 3 is 2.32 bits per heavy atom. The monoisotopic (exact) mass is 454 g/mol. The molecule has 2 amide bonds. The topological polar surface area (TPSA) is 91.2 Å². The van der Waals surface area contributed by atoms with Crippen LogP contribution in [0, 0.1) is 0 Å². The van der Waals surface area contributed by atoms with Gasteiger partial charge in [-0.05, 0) is 42.3 Å². The highest BCUT2D eigenvalue weighted by Crippen LogP contribution is 2.23. The number of anilines is 1. The number of carbonyl (C=O) groups is 2. The Balaban J connectivity index is 1.66. The number of carbonyl (C=O) groups excluding carboxylic acids is 2. The molecule has 6 nitrogen and oxygen atoms in total. The smallest absolute Gasteiger partial charge is 0.250 e. The van der Waals surface area contributed by atoms with Crippen molar-refractivity contribution in [2.24, 2.45) is 5.73 Å². The molecule has 0 bridgehead atoms. The van der Waals surface area contributed by atoms with Crippen molar-refractivity contribution in [1.82, 2.24) is 10.3 Å². The van der Waals surface area contributed by atoms with Gasteiger partial charge in [-0.15, -0.1) is 0 Å². The SMILES string of the molecule is NCCCC(=O)NC(Cc1c[nH]c2ccccc12)C(=O)N(Cc1ccccc1)c1ccccc1. The lowest BCUT2D eigenvalue weighted by molar-refractivity contribution is -0.127. The summed E-state index contributed by atoms with van der Waals surface area (Å²) >= 11 is 0. The van der Waals surface area contributed by atoms with Crippen molar-refractivity contribution in [2.45, 2.75) is 31.8 Å². The van der Waals surface area contributed by atoms with Crippen molar-refractivity contribution in [2.75, 3.05) is 11.4 Å². The maximum atomic E-state index is 14.0. The fraction of sp³-hybridized carbons (Fsp3) is 0.214.